The molecule has 0 radical (unpaired) electrons. The Morgan fingerprint density at radius 2 is 2.07 bits per heavy atom. The van der Waals surface area contributed by atoms with E-state index in [1.807, 2.05) is 12.1 Å². The van der Waals surface area contributed by atoms with Crippen LogP contribution >= 0.6 is 11.8 Å². The van der Waals surface area contributed by atoms with Crippen LogP contribution in [0, 0.1) is 11.1 Å². The topological polar surface area (TPSA) is 26.9 Å². The second-order valence-corrected chi connectivity index (χ2v) is 5.22. The average Bonchev–Trinajstić information content (AvgIpc) is 2.29. The largest absolute Gasteiger partial charge is 0.618 e. The summed E-state index contributed by atoms with van der Waals surface area (Å²) < 4.78 is 0.966. The maximum Gasteiger partial charge on any atom is 0.251 e. The number of hydrogen-bond donors (Lipinski definition) is 0. The van der Waals surface area contributed by atoms with Crippen molar-refractivity contribution in [2.45, 2.75) is 37.1 Å². The molecule has 1 heterocycles. The lowest BCUT2D eigenvalue weighted by molar-refractivity contribution is -0.645. The van der Waals surface area contributed by atoms with Crippen LogP contribution in [-0.4, -0.2) is 5.75 Å². The summed E-state index contributed by atoms with van der Waals surface area (Å²) in [7, 11) is 0. The van der Waals surface area contributed by atoms with Crippen molar-refractivity contribution in [2.24, 2.45) is 5.92 Å². The Hall–Kier alpha value is -0.700. The molecule has 1 aromatic rings. The SMILES string of the molecule is [O-][n+]1ccccc1SCC1CCCCC1. The predicted octanol–water partition coefficient (Wildman–Crippen LogP) is 2.99. The molecule has 3 heteroatoms. The molecule has 0 aliphatic heterocycles. The average molecular weight is 223 g/mol. The van der Waals surface area contributed by atoms with Crippen molar-refractivity contribution in [2.75, 3.05) is 5.75 Å². The lowest BCUT2D eigenvalue weighted by Crippen LogP contribution is -2.28. The third-order valence-corrected chi connectivity index (χ3v) is 4.23. The normalized spacial score (nSPS) is 17.9. The van der Waals surface area contributed by atoms with Gasteiger partial charge in [0.1, 0.15) is 0 Å². The number of rotatable bonds is 3. The first-order chi connectivity index (χ1) is 7.36. The minimum atomic E-state index is 0.823. The van der Waals surface area contributed by atoms with Gasteiger partial charge in [0.2, 0.25) is 0 Å². The van der Waals surface area contributed by atoms with E-state index in [9.17, 15) is 5.21 Å². The highest BCUT2D eigenvalue weighted by Crippen LogP contribution is 2.28. The Labute approximate surface area is 95.3 Å². The highest BCUT2D eigenvalue weighted by atomic mass is 32.2. The molecular weight excluding hydrogens is 206 g/mol. The lowest BCUT2D eigenvalue weighted by atomic mass is 9.91. The van der Waals surface area contributed by atoms with Crippen LogP contribution in [0.15, 0.2) is 29.4 Å². The van der Waals surface area contributed by atoms with E-state index in [-0.39, 0.29) is 0 Å². The van der Waals surface area contributed by atoms with Gasteiger partial charge in [-0.25, -0.2) is 0 Å². The minimum absolute atomic E-state index is 0.823. The van der Waals surface area contributed by atoms with Gasteiger partial charge in [-0.2, -0.15) is 4.73 Å². The fourth-order valence-electron chi connectivity index (χ4n) is 2.08. The molecule has 1 aromatic heterocycles. The lowest BCUT2D eigenvalue weighted by Gasteiger charge is -2.20. The first-order valence-corrected chi connectivity index (χ1v) is 6.66. The summed E-state index contributed by atoms with van der Waals surface area (Å²) in [5, 5.41) is 12.2. The molecule has 0 N–H and O–H groups in total. The Morgan fingerprint density at radius 3 is 2.80 bits per heavy atom. The summed E-state index contributed by atoms with van der Waals surface area (Å²) in [6, 6.07) is 5.61. The summed E-state index contributed by atoms with van der Waals surface area (Å²) in [6.45, 7) is 0. The maximum absolute atomic E-state index is 11.4. The molecule has 0 spiro atoms. The van der Waals surface area contributed by atoms with Gasteiger partial charge in [-0.15, -0.1) is 0 Å². The summed E-state index contributed by atoms with van der Waals surface area (Å²) >= 11 is 1.70. The summed E-state index contributed by atoms with van der Waals surface area (Å²) in [4.78, 5) is 0. The monoisotopic (exact) mass is 223 g/mol. The molecule has 0 atom stereocenters. The van der Waals surface area contributed by atoms with Crippen LogP contribution in [0.2, 0.25) is 0 Å². The fraction of sp³-hybridized carbons (Fsp3) is 0.583. The first kappa shape index (κ1) is 10.8. The molecule has 1 aliphatic carbocycles. The van der Waals surface area contributed by atoms with E-state index in [1.165, 1.54) is 32.1 Å². The molecule has 0 aromatic carbocycles. The van der Waals surface area contributed by atoms with Crippen LogP contribution in [0.4, 0.5) is 0 Å². The highest BCUT2D eigenvalue weighted by Gasteiger charge is 2.15. The number of aromatic nitrogens is 1. The molecule has 1 saturated carbocycles. The van der Waals surface area contributed by atoms with Crippen LogP contribution in [0.5, 0.6) is 0 Å². The quantitative estimate of drug-likeness (QED) is 0.447. The van der Waals surface area contributed by atoms with Crippen molar-refractivity contribution in [1.29, 1.82) is 0 Å². The molecule has 0 bridgehead atoms. The number of thioether (sulfide) groups is 1. The molecule has 0 saturated heterocycles. The molecule has 82 valence electrons. The molecule has 15 heavy (non-hydrogen) atoms. The van der Waals surface area contributed by atoms with E-state index in [1.54, 1.807) is 24.0 Å². The van der Waals surface area contributed by atoms with Gasteiger partial charge in [-0.1, -0.05) is 31.0 Å². The fourth-order valence-corrected chi connectivity index (χ4v) is 3.18. The molecule has 2 nitrogen and oxygen atoms in total. The Morgan fingerprint density at radius 1 is 1.27 bits per heavy atom. The Kier molecular flexibility index (Phi) is 3.89. The van der Waals surface area contributed by atoms with Gasteiger partial charge >= 0.3 is 0 Å². The molecule has 0 unspecified atom stereocenters. The smallest absolute Gasteiger partial charge is 0.251 e. The zero-order valence-corrected chi connectivity index (χ0v) is 9.71. The van der Waals surface area contributed by atoms with Crippen molar-refractivity contribution in [3.05, 3.63) is 29.6 Å². The van der Waals surface area contributed by atoms with Crippen LogP contribution in [-0.2, 0) is 0 Å². The Balaban J connectivity index is 1.84. The van der Waals surface area contributed by atoms with Gasteiger partial charge < -0.3 is 5.21 Å². The van der Waals surface area contributed by atoms with Gasteiger partial charge in [0.05, 0.1) is 0 Å². The van der Waals surface area contributed by atoms with Gasteiger partial charge in [0.25, 0.3) is 5.03 Å². The van der Waals surface area contributed by atoms with Crippen molar-refractivity contribution in [3.8, 4) is 0 Å². The molecule has 2 rings (SSSR count). The van der Waals surface area contributed by atoms with E-state index in [2.05, 4.69) is 0 Å². The van der Waals surface area contributed by atoms with Crippen LogP contribution in [0.25, 0.3) is 0 Å². The van der Waals surface area contributed by atoms with E-state index in [0.717, 1.165) is 21.4 Å². The van der Waals surface area contributed by atoms with Gasteiger partial charge in [-0.3, -0.25) is 0 Å². The van der Waals surface area contributed by atoms with Crippen LogP contribution < -0.4 is 4.73 Å². The summed E-state index contributed by atoms with van der Waals surface area (Å²) in [6.07, 6.45) is 8.41. The maximum atomic E-state index is 11.4. The van der Waals surface area contributed by atoms with E-state index in [4.69, 9.17) is 0 Å². The Bertz CT molecular complexity index is 310. The van der Waals surface area contributed by atoms with Crippen LogP contribution in [0.3, 0.4) is 0 Å². The van der Waals surface area contributed by atoms with Gasteiger partial charge in [0.15, 0.2) is 6.20 Å². The van der Waals surface area contributed by atoms with Crippen molar-refractivity contribution < 1.29 is 4.73 Å². The van der Waals surface area contributed by atoms with Crippen molar-refractivity contribution in [1.82, 2.24) is 0 Å². The molecule has 0 amide bonds. The molecular formula is C12H17NOS. The van der Waals surface area contributed by atoms with E-state index < -0.39 is 0 Å². The molecule has 1 fully saturated rings. The van der Waals surface area contributed by atoms with Gasteiger partial charge in [-0.05, 0) is 24.8 Å². The van der Waals surface area contributed by atoms with Gasteiger partial charge in [0, 0.05) is 17.9 Å². The minimum Gasteiger partial charge on any atom is -0.618 e. The van der Waals surface area contributed by atoms with Crippen molar-refractivity contribution in [3.63, 3.8) is 0 Å². The zero-order chi connectivity index (χ0) is 10.5. The van der Waals surface area contributed by atoms with Crippen LogP contribution in [0.1, 0.15) is 32.1 Å². The second-order valence-electron chi connectivity index (χ2n) is 4.18. The summed E-state index contributed by atoms with van der Waals surface area (Å²) in [5.41, 5.74) is 0. The third kappa shape index (κ3) is 3.13. The highest BCUT2D eigenvalue weighted by molar-refractivity contribution is 7.99. The number of pyridine rings is 1. The number of hydrogen-bond acceptors (Lipinski definition) is 2. The van der Waals surface area contributed by atoms with E-state index in [0.29, 0.717) is 0 Å². The summed E-state index contributed by atoms with van der Waals surface area (Å²) in [5.74, 6) is 1.93. The second kappa shape index (κ2) is 5.40. The zero-order valence-electron chi connectivity index (χ0n) is 8.89. The predicted molar refractivity (Wildman–Crippen MR) is 62.7 cm³/mol. The van der Waals surface area contributed by atoms with Crippen molar-refractivity contribution >= 4 is 11.8 Å². The molecule has 1 aliphatic rings. The third-order valence-electron chi connectivity index (χ3n) is 2.98. The van der Waals surface area contributed by atoms with E-state index >= 15 is 0 Å². The number of nitrogens with zero attached hydrogens (tertiary/aromatic N) is 1. The standard InChI is InChI=1S/C12H17NOS/c14-13-9-5-4-8-12(13)15-10-11-6-2-1-3-7-11/h4-5,8-9,11H,1-3,6-7,10H2. The first-order valence-electron chi connectivity index (χ1n) is 5.67.